The summed E-state index contributed by atoms with van der Waals surface area (Å²) in [4.78, 5) is 22.4. The van der Waals surface area contributed by atoms with Crippen molar-refractivity contribution in [3.05, 3.63) is 0 Å². The lowest BCUT2D eigenvalue weighted by Gasteiger charge is -2.07. The number of aliphatic carboxylic acids is 1. The number of fused-ring (bicyclic) bond motifs is 1. The van der Waals surface area contributed by atoms with Crippen molar-refractivity contribution >= 4 is 11.9 Å². The summed E-state index contributed by atoms with van der Waals surface area (Å²) >= 11 is 0. The van der Waals surface area contributed by atoms with Gasteiger partial charge in [-0.3, -0.25) is 9.59 Å². The van der Waals surface area contributed by atoms with E-state index in [0.29, 0.717) is 11.8 Å². The lowest BCUT2D eigenvalue weighted by atomic mass is 10.0. The molecule has 0 radical (unpaired) electrons. The van der Waals surface area contributed by atoms with E-state index in [1.165, 1.54) is 25.7 Å². The first kappa shape index (κ1) is 11.4. The van der Waals surface area contributed by atoms with Crippen LogP contribution < -0.4 is 5.32 Å². The molecule has 2 aliphatic carbocycles. The number of hydrogen-bond acceptors (Lipinski definition) is 2. The molecule has 0 spiro atoms. The number of carboxylic acids is 1. The average Bonchev–Trinajstić information content (AvgIpc) is 2.99. The summed E-state index contributed by atoms with van der Waals surface area (Å²) in [6, 6.07) is 0. The lowest BCUT2D eigenvalue weighted by molar-refractivity contribution is -0.141. The first-order chi connectivity index (χ1) is 7.61. The highest BCUT2D eigenvalue weighted by atomic mass is 16.4. The van der Waals surface area contributed by atoms with Gasteiger partial charge in [0.15, 0.2) is 0 Å². The van der Waals surface area contributed by atoms with Crippen LogP contribution in [0.4, 0.5) is 0 Å². The van der Waals surface area contributed by atoms with Gasteiger partial charge in [0.05, 0.1) is 5.92 Å². The minimum atomic E-state index is -0.853. The summed E-state index contributed by atoms with van der Waals surface area (Å²) in [7, 11) is 0. The third-order valence-corrected chi connectivity index (χ3v) is 3.96. The standard InChI is InChI=1S/C12H19NO3/c1-7(12(15)16)6-13-11(14)10-8-4-2-3-5-9(8)10/h7-10H,2-6H2,1H3,(H,13,14)(H,15,16). The molecule has 0 saturated heterocycles. The van der Waals surface area contributed by atoms with Crippen molar-refractivity contribution in [2.45, 2.75) is 32.6 Å². The highest BCUT2D eigenvalue weighted by Gasteiger charge is 2.54. The van der Waals surface area contributed by atoms with Gasteiger partial charge in [0.1, 0.15) is 0 Å². The quantitative estimate of drug-likeness (QED) is 0.757. The summed E-state index contributed by atoms with van der Waals surface area (Å²) in [6.07, 6.45) is 4.85. The number of hydrogen-bond donors (Lipinski definition) is 2. The van der Waals surface area contributed by atoms with Crippen LogP contribution in [0.2, 0.25) is 0 Å². The molecule has 0 aromatic rings. The van der Waals surface area contributed by atoms with Crippen LogP contribution in [0.3, 0.4) is 0 Å². The van der Waals surface area contributed by atoms with Crippen LogP contribution in [0.15, 0.2) is 0 Å². The Kier molecular flexibility index (Phi) is 3.17. The Morgan fingerprint density at radius 2 is 1.88 bits per heavy atom. The Bertz CT molecular complexity index is 291. The zero-order valence-corrected chi connectivity index (χ0v) is 9.61. The zero-order valence-electron chi connectivity index (χ0n) is 9.61. The fraction of sp³-hybridized carbons (Fsp3) is 0.833. The van der Waals surface area contributed by atoms with E-state index in [1.807, 2.05) is 0 Å². The largest absolute Gasteiger partial charge is 0.481 e. The van der Waals surface area contributed by atoms with E-state index in [-0.39, 0.29) is 18.4 Å². The van der Waals surface area contributed by atoms with Crippen molar-refractivity contribution in [3.63, 3.8) is 0 Å². The first-order valence-corrected chi connectivity index (χ1v) is 6.11. The number of carbonyl (C=O) groups excluding carboxylic acids is 1. The predicted molar refractivity (Wildman–Crippen MR) is 58.7 cm³/mol. The number of nitrogens with one attached hydrogen (secondary N) is 1. The van der Waals surface area contributed by atoms with E-state index in [1.54, 1.807) is 6.92 Å². The fourth-order valence-electron chi connectivity index (χ4n) is 2.84. The Labute approximate surface area is 95.4 Å². The summed E-state index contributed by atoms with van der Waals surface area (Å²) in [5.74, 6) is 0.0921. The van der Waals surface area contributed by atoms with Gasteiger partial charge < -0.3 is 10.4 Å². The van der Waals surface area contributed by atoms with E-state index in [9.17, 15) is 9.59 Å². The Morgan fingerprint density at radius 1 is 1.31 bits per heavy atom. The second-order valence-corrected chi connectivity index (χ2v) is 5.12. The Morgan fingerprint density at radius 3 is 2.38 bits per heavy atom. The van der Waals surface area contributed by atoms with Crippen molar-refractivity contribution in [1.29, 1.82) is 0 Å². The smallest absolute Gasteiger partial charge is 0.308 e. The minimum absolute atomic E-state index is 0.0741. The second kappa shape index (κ2) is 4.44. The molecule has 2 rings (SSSR count). The molecule has 0 bridgehead atoms. The molecule has 4 heteroatoms. The molecular formula is C12H19NO3. The molecule has 3 atom stereocenters. The second-order valence-electron chi connectivity index (χ2n) is 5.12. The van der Waals surface area contributed by atoms with E-state index in [2.05, 4.69) is 5.32 Å². The highest BCUT2D eigenvalue weighted by molar-refractivity contribution is 5.82. The van der Waals surface area contributed by atoms with Gasteiger partial charge in [-0.25, -0.2) is 0 Å². The third kappa shape index (κ3) is 2.20. The molecule has 16 heavy (non-hydrogen) atoms. The van der Waals surface area contributed by atoms with Gasteiger partial charge in [0.25, 0.3) is 0 Å². The maximum Gasteiger partial charge on any atom is 0.308 e. The zero-order chi connectivity index (χ0) is 11.7. The number of carboxylic acid groups (broad SMARTS) is 1. The van der Waals surface area contributed by atoms with Crippen molar-refractivity contribution < 1.29 is 14.7 Å². The first-order valence-electron chi connectivity index (χ1n) is 6.11. The summed E-state index contributed by atoms with van der Waals surface area (Å²) in [5.41, 5.74) is 0. The maximum atomic E-state index is 11.8. The van der Waals surface area contributed by atoms with Crippen molar-refractivity contribution in [1.82, 2.24) is 5.32 Å². The van der Waals surface area contributed by atoms with E-state index in [0.717, 1.165) is 0 Å². The average molecular weight is 225 g/mol. The maximum absolute atomic E-state index is 11.8. The molecule has 0 aromatic carbocycles. The van der Waals surface area contributed by atoms with Gasteiger partial charge in [-0.1, -0.05) is 19.8 Å². The van der Waals surface area contributed by atoms with E-state index in [4.69, 9.17) is 5.11 Å². The number of rotatable bonds is 4. The van der Waals surface area contributed by atoms with Gasteiger partial charge in [0.2, 0.25) is 5.91 Å². The summed E-state index contributed by atoms with van der Waals surface area (Å²) < 4.78 is 0. The van der Waals surface area contributed by atoms with Crippen LogP contribution in [0.25, 0.3) is 0 Å². The van der Waals surface area contributed by atoms with E-state index < -0.39 is 11.9 Å². The fourth-order valence-corrected chi connectivity index (χ4v) is 2.84. The van der Waals surface area contributed by atoms with Gasteiger partial charge >= 0.3 is 5.97 Å². The Balaban J connectivity index is 1.75. The highest BCUT2D eigenvalue weighted by Crippen LogP contribution is 2.55. The molecule has 3 unspecified atom stereocenters. The van der Waals surface area contributed by atoms with Crippen molar-refractivity contribution in [2.24, 2.45) is 23.7 Å². The van der Waals surface area contributed by atoms with Crippen LogP contribution >= 0.6 is 0 Å². The van der Waals surface area contributed by atoms with Crippen molar-refractivity contribution in [2.75, 3.05) is 6.54 Å². The summed E-state index contributed by atoms with van der Waals surface area (Å²) in [6.45, 7) is 1.87. The van der Waals surface area contributed by atoms with Crippen LogP contribution in [0, 0.1) is 23.7 Å². The van der Waals surface area contributed by atoms with Crippen LogP contribution in [-0.2, 0) is 9.59 Å². The van der Waals surface area contributed by atoms with Gasteiger partial charge in [-0.15, -0.1) is 0 Å². The van der Waals surface area contributed by atoms with Crippen LogP contribution in [0.5, 0.6) is 0 Å². The molecule has 1 amide bonds. The molecular weight excluding hydrogens is 206 g/mol. The molecule has 2 saturated carbocycles. The Hall–Kier alpha value is -1.06. The molecule has 0 aliphatic heterocycles. The summed E-state index contributed by atoms with van der Waals surface area (Å²) in [5, 5.41) is 11.5. The van der Waals surface area contributed by atoms with Gasteiger partial charge in [0, 0.05) is 12.5 Å². The molecule has 4 nitrogen and oxygen atoms in total. The third-order valence-electron chi connectivity index (χ3n) is 3.96. The SMILES string of the molecule is CC(CNC(=O)C1C2CCCCC21)C(=O)O. The normalized spacial score (nSPS) is 33.7. The molecule has 0 aromatic heterocycles. The topological polar surface area (TPSA) is 66.4 Å². The van der Waals surface area contributed by atoms with Gasteiger partial charge in [-0.2, -0.15) is 0 Å². The molecule has 2 N–H and O–H groups in total. The molecule has 0 heterocycles. The van der Waals surface area contributed by atoms with Crippen molar-refractivity contribution in [3.8, 4) is 0 Å². The predicted octanol–water partition coefficient (Wildman–Crippen LogP) is 1.26. The monoisotopic (exact) mass is 225 g/mol. The van der Waals surface area contributed by atoms with Crippen LogP contribution in [0.1, 0.15) is 32.6 Å². The number of carbonyl (C=O) groups is 2. The molecule has 90 valence electrons. The lowest BCUT2D eigenvalue weighted by Crippen LogP contribution is -2.33. The molecule has 2 aliphatic rings. The molecule has 2 fully saturated rings. The van der Waals surface area contributed by atoms with E-state index >= 15 is 0 Å². The van der Waals surface area contributed by atoms with Crippen LogP contribution in [-0.4, -0.2) is 23.5 Å². The number of amides is 1. The minimum Gasteiger partial charge on any atom is -0.481 e. The van der Waals surface area contributed by atoms with Gasteiger partial charge in [-0.05, 0) is 24.7 Å².